The van der Waals surface area contributed by atoms with Crippen LogP contribution in [0.3, 0.4) is 0 Å². The number of sulfonamides is 1. The van der Waals surface area contributed by atoms with Crippen molar-refractivity contribution in [3.8, 4) is 17.4 Å². The van der Waals surface area contributed by atoms with E-state index in [0.29, 0.717) is 12.3 Å². The molecule has 0 unspecified atom stereocenters. The number of pyridine rings is 1. The Bertz CT molecular complexity index is 1160. The molecule has 0 saturated heterocycles. The average Bonchev–Trinajstić information content (AvgIpc) is 2.77. The van der Waals surface area contributed by atoms with Gasteiger partial charge in [-0.1, -0.05) is 25.4 Å². The van der Waals surface area contributed by atoms with Gasteiger partial charge in [-0.2, -0.15) is 17.5 Å². The van der Waals surface area contributed by atoms with Crippen molar-refractivity contribution < 1.29 is 45.7 Å². The highest BCUT2D eigenvalue weighted by molar-refractivity contribution is 7.89. The molecule has 1 N–H and O–H groups in total. The van der Waals surface area contributed by atoms with E-state index in [1.165, 1.54) is 25.3 Å². The maximum Gasteiger partial charge on any atom is 0.421 e. The maximum atomic E-state index is 13.0. The molecule has 0 fully saturated rings. The third-order valence-electron chi connectivity index (χ3n) is 4.75. The minimum absolute atomic E-state index is 0.0192. The molecule has 9 nitrogen and oxygen atoms in total. The summed E-state index contributed by atoms with van der Waals surface area (Å²) in [7, 11) is -2.73. The van der Waals surface area contributed by atoms with Crippen molar-refractivity contribution in [2.24, 2.45) is 5.92 Å². The highest BCUT2D eigenvalue weighted by Crippen LogP contribution is 2.37. The van der Waals surface area contributed by atoms with Gasteiger partial charge in [-0.25, -0.2) is 18.2 Å². The predicted molar refractivity (Wildman–Crippen MR) is 125 cm³/mol. The molecule has 0 aliphatic rings. The first kappa shape index (κ1) is 29.5. The maximum absolute atomic E-state index is 13.0. The van der Waals surface area contributed by atoms with Crippen LogP contribution in [0.5, 0.6) is 17.4 Å². The van der Waals surface area contributed by atoms with Crippen molar-refractivity contribution in [3.63, 3.8) is 0 Å². The Hall–Kier alpha value is -2.77. The van der Waals surface area contributed by atoms with Gasteiger partial charge in [-0.3, -0.25) is 0 Å². The standard InChI is InChI=1S/C22H26ClF3N2O7S/c1-14(2)6-9-36(31,32)28(21(29)30)13-15-4-5-17(34-8-7-33-3)11-19(15)35-20-18(23)10-16(12-27-20)22(24,25)26/h4-5,10-12,14H,6-9,13H2,1-3H3,(H,29,30). The van der Waals surface area contributed by atoms with Gasteiger partial charge >= 0.3 is 12.3 Å². The second-order valence-corrected chi connectivity index (χ2v) is 10.4. The van der Waals surface area contributed by atoms with Crippen LogP contribution in [-0.4, -0.2) is 55.0 Å². The van der Waals surface area contributed by atoms with E-state index in [2.05, 4.69) is 4.98 Å². The molecule has 0 atom stereocenters. The minimum atomic E-state index is -4.68. The third kappa shape index (κ3) is 8.42. The Balaban J connectivity index is 2.45. The zero-order valence-corrected chi connectivity index (χ0v) is 21.3. The smallest absolute Gasteiger partial charge is 0.421 e. The summed E-state index contributed by atoms with van der Waals surface area (Å²) >= 11 is 5.94. The lowest BCUT2D eigenvalue weighted by atomic mass is 10.2. The monoisotopic (exact) mass is 554 g/mol. The van der Waals surface area contributed by atoms with Gasteiger partial charge in [0.25, 0.3) is 0 Å². The number of hydrogen-bond acceptors (Lipinski definition) is 7. The van der Waals surface area contributed by atoms with Crippen LogP contribution in [0.25, 0.3) is 0 Å². The number of nitrogens with zero attached hydrogens (tertiary/aromatic N) is 2. The van der Waals surface area contributed by atoms with Crippen molar-refractivity contribution in [2.75, 3.05) is 26.1 Å². The minimum Gasteiger partial charge on any atom is -0.491 e. The summed E-state index contributed by atoms with van der Waals surface area (Å²) < 4.78 is 80.6. The van der Waals surface area contributed by atoms with E-state index in [9.17, 15) is 31.5 Å². The number of carboxylic acid groups (broad SMARTS) is 1. The number of carbonyl (C=O) groups is 1. The summed E-state index contributed by atoms with van der Waals surface area (Å²) in [5, 5.41) is 9.13. The first-order chi connectivity index (χ1) is 16.7. The summed E-state index contributed by atoms with van der Waals surface area (Å²) in [6, 6.07) is 4.79. The van der Waals surface area contributed by atoms with Crippen LogP contribution in [0.15, 0.2) is 30.5 Å². The van der Waals surface area contributed by atoms with Gasteiger partial charge in [0.1, 0.15) is 23.1 Å². The molecule has 2 aromatic rings. The molecule has 0 spiro atoms. The zero-order valence-electron chi connectivity index (χ0n) is 19.7. The number of halogens is 4. The lowest BCUT2D eigenvalue weighted by molar-refractivity contribution is -0.137. The second kappa shape index (κ2) is 12.5. The Kier molecular flexibility index (Phi) is 10.2. The van der Waals surface area contributed by atoms with Crippen molar-refractivity contribution in [1.29, 1.82) is 0 Å². The van der Waals surface area contributed by atoms with Crippen LogP contribution in [0.2, 0.25) is 5.02 Å². The lowest BCUT2D eigenvalue weighted by Crippen LogP contribution is -2.37. The molecule has 36 heavy (non-hydrogen) atoms. The third-order valence-corrected chi connectivity index (χ3v) is 6.73. The van der Waals surface area contributed by atoms with Crippen LogP contribution in [0, 0.1) is 5.92 Å². The molecule has 1 aromatic carbocycles. The molecule has 0 aliphatic carbocycles. The Labute approximate surface area is 211 Å². The van der Waals surface area contributed by atoms with Crippen LogP contribution < -0.4 is 9.47 Å². The van der Waals surface area contributed by atoms with E-state index in [-0.39, 0.29) is 46.9 Å². The average molecular weight is 555 g/mol. The topological polar surface area (TPSA) is 115 Å². The molecule has 0 saturated carbocycles. The zero-order chi connectivity index (χ0) is 27.1. The van der Waals surface area contributed by atoms with Gasteiger partial charge in [-0.15, -0.1) is 0 Å². The van der Waals surface area contributed by atoms with E-state index in [1.54, 1.807) is 13.8 Å². The molecule has 2 rings (SSSR count). The van der Waals surface area contributed by atoms with Gasteiger partial charge in [0.15, 0.2) is 0 Å². The SMILES string of the molecule is COCCOc1ccc(CN(C(=O)O)S(=O)(=O)CCC(C)C)c(Oc2ncc(C(F)(F)F)cc2Cl)c1. The fourth-order valence-electron chi connectivity index (χ4n) is 2.79. The number of hydrogen-bond donors (Lipinski definition) is 1. The van der Waals surface area contributed by atoms with Crippen molar-refractivity contribution in [3.05, 3.63) is 46.6 Å². The largest absolute Gasteiger partial charge is 0.491 e. The van der Waals surface area contributed by atoms with Gasteiger partial charge in [-0.05, 0) is 30.5 Å². The number of rotatable bonds is 12. The molecular formula is C22H26ClF3N2O7S. The highest BCUT2D eigenvalue weighted by Gasteiger charge is 2.32. The first-order valence-corrected chi connectivity index (χ1v) is 12.6. The van der Waals surface area contributed by atoms with E-state index >= 15 is 0 Å². The van der Waals surface area contributed by atoms with Crippen molar-refractivity contribution in [2.45, 2.75) is 33.0 Å². The predicted octanol–water partition coefficient (Wildman–Crippen LogP) is 5.43. The summed E-state index contributed by atoms with van der Waals surface area (Å²) in [6.45, 7) is 3.39. The summed E-state index contributed by atoms with van der Waals surface area (Å²) in [4.78, 5) is 15.4. The van der Waals surface area contributed by atoms with Gasteiger partial charge < -0.3 is 19.3 Å². The molecule has 0 bridgehead atoms. The fraction of sp³-hybridized carbons (Fsp3) is 0.455. The number of alkyl halides is 3. The lowest BCUT2D eigenvalue weighted by Gasteiger charge is -2.22. The highest BCUT2D eigenvalue weighted by atomic mass is 35.5. The summed E-state index contributed by atoms with van der Waals surface area (Å²) in [6.07, 6.45) is -5.61. The van der Waals surface area contributed by atoms with Crippen LogP contribution in [0.4, 0.5) is 18.0 Å². The van der Waals surface area contributed by atoms with Crippen LogP contribution >= 0.6 is 11.6 Å². The summed E-state index contributed by atoms with van der Waals surface area (Å²) in [5.74, 6) is -0.629. The molecular weight excluding hydrogens is 529 g/mol. The number of benzene rings is 1. The number of methoxy groups -OCH3 is 1. The van der Waals surface area contributed by atoms with E-state index in [1.807, 2.05) is 0 Å². The molecule has 0 radical (unpaired) electrons. The normalized spacial score (nSPS) is 12.0. The van der Waals surface area contributed by atoms with Crippen LogP contribution in [-0.2, 0) is 27.5 Å². The van der Waals surface area contributed by atoms with E-state index in [4.69, 9.17) is 25.8 Å². The van der Waals surface area contributed by atoms with E-state index < -0.39 is 51.1 Å². The quantitative estimate of drug-likeness (QED) is 0.345. The van der Waals surface area contributed by atoms with Gasteiger partial charge in [0.05, 0.1) is 24.5 Å². The molecule has 14 heteroatoms. The molecule has 1 heterocycles. The van der Waals surface area contributed by atoms with Gasteiger partial charge in [0, 0.05) is 24.9 Å². The van der Waals surface area contributed by atoms with Crippen molar-refractivity contribution in [1.82, 2.24) is 9.29 Å². The van der Waals surface area contributed by atoms with Gasteiger partial charge in [0.2, 0.25) is 15.9 Å². The number of ether oxygens (including phenoxy) is 3. The Morgan fingerprint density at radius 3 is 2.47 bits per heavy atom. The molecule has 200 valence electrons. The fourth-order valence-corrected chi connectivity index (χ4v) is 4.56. The molecule has 1 aromatic heterocycles. The molecule has 0 aliphatic heterocycles. The van der Waals surface area contributed by atoms with Crippen LogP contribution in [0.1, 0.15) is 31.4 Å². The van der Waals surface area contributed by atoms with E-state index in [0.717, 1.165) is 0 Å². The second-order valence-electron chi connectivity index (χ2n) is 8.01. The summed E-state index contributed by atoms with van der Waals surface area (Å²) in [5.41, 5.74) is -1.01. The Morgan fingerprint density at radius 1 is 1.22 bits per heavy atom. The number of aromatic nitrogens is 1. The first-order valence-electron chi connectivity index (χ1n) is 10.6. The number of amides is 1. The molecule has 1 amide bonds. The Morgan fingerprint density at radius 2 is 1.92 bits per heavy atom. The van der Waals surface area contributed by atoms with Crippen molar-refractivity contribution >= 4 is 27.7 Å².